The topological polar surface area (TPSA) is 51.5 Å². The van der Waals surface area contributed by atoms with Crippen molar-refractivity contribution in [3.05, 3.63) is 18.1 Å². The first-order valence-electron chi connectivity index (χ1n) is 7.56. The number of esters is 1. The molecule has 0 aliphatic heterocycles. The summed E-state index contributed by atoms with van der Waals surface area (Å²) >= 11 is 1.73. The van der Waals surface area contributed by atoms with Crippen LogP contribution in [-0.4, -0.2) is 29.9 Å². The summed E-state index contributed by atoms with van der Waals surface area (Å²) in [5, 5.41) is 3.62. The van der Waals surface area contributed by atoms with E-state index in [4.69, 9.17) is 9.15 Å². The van der Waals surface area contributed by atoms with Crippen molar-refractivity contribution in [2.75, 3.05) is 13.2 Å². The third-order valence-corrected chi connectivity index (χ3v) is 4.57. The average Bonchev–Trinajstić information content (AvgIpc) is 2.82. The van der Waals surface area contributed by atoms with Crippen LogP contribution in [-0.2, 0) is 9.53 Å². The Bertz CT molecular complexity index is 446. The molecule has 1 aromatic heterocycles. The van der Waals surface area contributed by atoms with Crippen molar-refractivity contribution in [2.24, 2.45) is 0 Å². The van der Waals surface area contributed by atoms with Crippen LogP contribution in [0.4, 0.5) is 0 Å². The second-order valence-electron chi connectivity index (χ2n) is 5.45. The Balaban J connectivity index is 2.70. The van der Waals surface area contributed by atoms with E-state index in [-0.39, 0.29) is 11.2 Å². The first-order chi connectivity index (χ1) is 9.92. The lowest BCUT2D eigenvalue weighted by atomic mass is 9.96. The number of ether oxygens (including phenoxy) is 1. The summed E-state index contributed by atoms with van der Waals surface area (Å²) in [7, 11) is 0. The molecule has 0 aromatic carbocycles. The highest BCUT2D eigenvalue weighted by molar-refractivity contribution is 8.00. The molecule has 0 amide bonds. The van der Waals surface area contributed by atoms with Gasteiger partial charge < -0.3 is 14.5 Å². The predicted molar refractivity (Wildman–Crippen MR) is 86.7 cm³/mol. The Kier molecular flexibility index (Phi) is 7.32. The van der Waals surface area contributed by atoms with Crippen molar-refractivity contribution in [1.29, 1.82) is 0 Å². The van der Waals surface area contributed by atoms with Gasteiger partial charge in [0.15, 0.2) is 0 Å². The second kappa shape index (κ2) is 8.49. The zero-order valence-corrected chi connectivity index (χ0v) is 14.5. The van der Waals surface area contributed by atoms with Crippen LogP contribution in [0.5, 0.6) is 0 Å². The Labute approximate surface area is 132 Å². The van der Waals surface area contributed by atoms with Crippen molar-refractivity contribution in [2.45, 2.75) is 63.1 Å². The number of hydrogen-bond acceptors (Lipinski definition) is 5. The third kappa shape index (κ3) is 5.40. The second-order valence-corrected chi connectivity index (χ2v) is 6.93. The summed E-state index contributed by atoms with van der Waals surface area (Å²) in [6, 6.07) is 1.97. The molecule has 4 nitrogen and oxygen atoms in total. The van der Waals surface area contributed by atoms with Gasteiger partial charge in [-0.15, -0.1) is 11.8 Å². The fourth-order valence-electron chi connectivity index (χ4n) is 2.25. The lowest BCUT2D eigenvalue weighted by Crippen LogP contribution is -2.52. The zero-order valence-electron chi connectivity index (χ0n) is 13.7. The standard InChI is InChI=1S/C16H27NO3S/c1-6-9-17-16(5,15(18)19-7-2)11-12(3)21-14-8-10-20-13(14)4/h8,10,12,17H,6-7,9,11H2,1-5H3. The van der Waals surface area contributed by atoms with Crippen molar-refractivity contribution < 1.29 is 13.9 Å². The molecule has 0 fully saturated rings. The van der Waals surface area contributed by atoms with E-state index in [1.165, 1.54) is 0 Å². The smallest absolute Gasteiger partial charge is 0.326 e. The van der Waals surface area contributed by atoms with Gasteiger partial charge in [0.2, 0.25) is 0 Å². The summed E-state index contributed by atoms with van der Waals surface area (Å²) in [6.07, 6.45) is 3.39. The molecule has 0 radical (unpaired) electrons. The van der Waals surface area contributed by atoms with Crippen LogP contribution in [0.3, 0.4) is 0 Å². The normalized spacial score (nSPS) is 15.5. The molecule has 1 rings (SSSR count). The molecule has 0 saturated carbocycles. The molecular weight excluding hydrogens is 286 g/mol. The Hall–Kier alpha value is -0.940. The van der Waals surface area contributed by atoms with Gasteiger partial charge in [-0.05, 0) is 46.2 Å². The number of carbonyl (C=O) groups is 1. The van der Waals surface area contributed by atoms with Crippen LogP contribution < -0.4 is 5.32 Å². The lowest BCUT2D eigenvalue weighted by Gasteiger charge is -2.30. The summed E-state index contributed by atoms with van der Waals surface area (Å²) in [5.41, 5.74) is -0.643. The van der Waals surface area contributed by atoms with Crippen LogP contribution in [0, 0.1) is 6.92 Å². The van der Waals surface area contributed by atoms with Gasteiger partial charge in [-0.25, -0.2) is 0 Å². The minimum absolute atomic E-state index is 0.171. The number of nitrogens with one attached hydrogen (secondary N) is 1. The Morgan fingerprint density at radius 1 is 1.52 bits per heavy atom. The van der Waals surface area contributed by atoms with E-state index in [0.717, 1.165) is 23.6 Å². The maximum atomic E-state index is 12.3. The summed E-state index contributed by atoms with van der Waals surface area (Å²) in [4.78, 5) is 13.4. The molecule has 1 aromatic rings. The molecule has 2 unspecified atom stereocenters. The van der Waals surface area contributed by atoms with Crippen LogP contribution in [0.15, 0.2) is 21.6 Å². The maximum Gasteiger partial charge on any atom is 0.326 e. The third-order valence-electron chi connectivity index (χ3n) is 3.33. The Morgan fingerprint density at radius 3 is 2.76 bits per heavy atom. The van der Waals surface area contributed by atoms with Gasteiger partial charge >= 0.3 is 5.97 Å². The number of furan rings is 1. The van der Waals surface area contributed by atoms with Gasteiger partial charge in [0.1, 0.15) is 11.3 Å². The lowest BCUT2D eigenvalue weighted by molar-refractivity contribution is -0.150. The SMILES string of the molecule is CCCNC(C)(CC(C)Sc1ccoc1C)C(=O)OCC. The summed E-state index contributed by atoms with van der Waals surface area (Å²) in [5.74, 6) is 0.751. The number of thioether (sulfide) groups is 1. The average molecular weight is 313 g/mol. The molecule has 0 aliphatic carbocycles. The van der Waals surface area contributed by atoms with Crippen LogP contribution >= 0.6 is 11.8 Å². The molecule has 2 atom stereocenters. The fourth-order valence-corrected chi connectivity index (χ4v) is 3.45. The fraction of sp³-hybridized carbons (Fsp3) is 0.688. The van der Waals surface area contributed by atoms with Gasteiger partial charge in [-0.1, -0.05) is 13.8 Å². The van der Waals surface area contributed by atoms with E-state index in [1.807, 2.05) is 26.8 Å². The van der Waals surface area contributed by atoms with Crippen LogP contribution in [0.1, 0.15) is 46.3 Å². The van der Waals surface area contributed by atoms with Gasteiger partial charge in [0.25, 0.3) is 0 Å². The minimum Gasteiger partial charge on any atom is -0.468 e. The summed E-state index contributed by atoms with van der Waals surface area (Å²) < 4.78 is 10.6. The maximum absolute atomic E-state index is 12.3. The molecule has 120 valence electrons. The molecule has 0 aliphatic rings. The van der Waals surface area contributed by atoms with Gasteiger partial charge in [-0.3, -0.25) is 4.79 Å². The number of rotatable bonds is 9. The van der Waals surface area contributed by atoms with E-state index in [9.17, 15) is 4.79 Å². The zero-order chi connectivity index (χ0) is 15.9. The summed E-state index contributed by atoms with van der Waals surface area (Å²) in [6.45, 7) is 11.1. The highest BCUT2D eigenvalue weighted by atomic mass is 32.2. The van der Waals surface area contributed by atoms with Crippen LogP contribution in [0.2, 0.25) is 0 Å². The van der Waals surface area contributed by atoms with Gasteiger partial charge in [0, 0.05) is 10.1 Å². The number of hydrogen-bond donors (Lipinski definition) is 1. The number of aryl methyl sites for hydroxylation is 1. The molecule has 1 heterocycles. The minimum atomic E-state index is -0.643. The van der Waals surface area contributed by atoms with E-state index >= 15 is 0 Å². The van der Waals surface area contributed by atoms with Crippen molar-refractivity contribution in [3.8, 4) is 0 Å². The number of carbonyl (C=O) groups excluding carboxylic acids is 1. The van der Waals surface area contributed by atoms with Gasteiger partial charge in [0.05, 0.1) is 12.9 Å². The van der Waals surface area contributed by atoms with E-state index < -0.39 is 5.54 Å². The quantitative estimate of drug-likeness (QED) is 0.555. The first kappa shape index (κ1) is 18.1. The molecule has 0 bridgehead atoms. The van der Waals surface area contributed by atoms with Crippen molar-refractivity contribution in [3.63, 3.8) is 0 Å². The highest BCUT2D eigenvalue weighted by Gasteiger charge is 2.35. The molecule has 5 heteroatoms. The molecule has 0 saturated heterocycles. The monoisotopic (exact) mass is 313 g/mol. The molecular formula is C16H27NO3S. The van der Waals surface area contributed by atoms with E-state index in [1.54, 1.807) is 18.0 Å². The van der Waals surface area contributed by atoms with E-state index in [2.05, 4.69) is 19.2 Å². The first-order valence-corrected chi connectivity index (χ1v) is 8.44. The van der Waals surface area contributed by atoms with E-state index in [0.29, 0.717) is 13.0 Å². The molecule has 0 spiro atoms. The van der Waals surface area contributed by atoms with Crippen LogP contribution in [0.25, 0.3) is 0 Å². The Morgan fingerprint density at radius 2 is 2.24 bits per heavy atom. The highest BCUT2D eigenvalue weighted by Crippen LogP contribution is 2.31. The van der Waals surface area contributed by atoms with Gasteiger partial charge in [-0.2, -0.15) is 0 Å². The predicted octanol–water partition coefficient (Wildman–Crippen LogP) is 3.78. The molecule has 1 N–H and O–H groups in total. The van der Waals surface area contributed by atoms with Crippen molar-refractivity contribution in [1.82, 2.24) is 5.32 Å². The molecule has 21 heavy (non-hydrogen) atoms. The largest absolute Gasteiger partial charge is 0.468 e. The van der Waals surface area contributed by atoms with Crippen molar-refractivity contribution >= 4 is 17.7 Å².